The van der Waals surface area contributed by atoms with Crippen LogP contribution >= 0.6 is 11.6 Å². The predicted octanol–water partition coefficient (Wildman–Crippen LogP) is 1.83. The van der Waals surface area contributed by atoms with E-state index in [1.54, 1.807) is 18.2 Å². The van der Waals surface area contributed by atoms with E-state index >= 15 is 0 Å². The van der Waals surface area contributed by atoms with Crippen LogP contribution in [0.15, 0.2) is 18.2 Å². The molecule has 1 amide bonds. The molecule has 0 bridgehead atoms. The first-order valence-electron chi connectivity index (χ1n) is 7.00. The molecule has 0 aliphatic carbocycles. The molecule has 1 aromatic rings. The average molecular weight is 307 g/mol. The van der Waals surface area contributed by atoms with E-state index in [0.29, 0.717) is 28.9 Å². The molecule has 112 valence electrons. The molecule has 21 heavy (non-hydrogen) atoms. The quantitative estimate of drug-likeness (QED) is 0.871. The van der Waals surface area contributed by atoms with E-state index in [1.807, 2.05) is 18.0 Å². The minimum absolute atomic E-state index is 0.0868. The van der Waals surface area contributed by atoms with Crippen molar-refractivity contribution in [2.24, 2.45) is 0 Å². The lowest BCUT2D eigenvalue weighted by Gasteiger charge is -2.20. The van der Waals surface area contributed by atoms with Crippen molar-refractivity contribution in [3.63, 3.8) is 0 Å². The predicted molar refractivity (Wildman–Crippen MR) is 83.3 cm³/mol. The Balaban J connectivity index is 1.83. The highest BCUT2D eigenvalue weighted by Gasteiger charge is 2.17. The number of carbonyl (C=O) groups is 1. The SMILES string of the molecule is CN(CC(=O)Nc1ccc(C#N)c(Cl)c1)CC1CCCN1. The lowest BCUT2D eigenvalue weighted by molar-refractivity contribution is -0.117. The van der Waals surface area contributed by atoms with Gasteiger partial charge in [0.25, 0.3) is 0 Å². The van der Waals surface area contributed by atoms with Gasteiger partial charge in [-0.3, -0.25) is 9.69 Å². The van der Waals surface area contributed by atoms with Crippen LogP contribution in [0.25, 0.3) is 0 Å². The second kappa shape index (κ2) is 7.41. The molecule has 1 saturated heterocycles. The topological polar surface area (TPSA) is 68.2 Å². The van der Waals surface area contributed by atoms with Crippen LogP contribution in [-0.4, -0.2) is 43.5 Å². The van der Waals surface area contributed by atoms with Gasteiger partial charge in [-0.05, 0) is 44.6 Å². The highest BCUT2D eigenvalue weighted by Crippen LogP contribution is 2.20. The van der Waals surface area contributed by atoms with Crippen molar-refractivity contribution >= 4 is 23.2 Å². The summed E-state index contributed by atoms with van der Waals surface area (Å²) in [6.07, 6.45) is 2.37. The largest absolute Gasteiger partial charge is 0.325 e. The van der Waals surface area contributed by atoms with Crippen molar-refractivity contribution in [3.8, 4) is 6.07 Å². The summed E-state index contributed by atoms with van der Waals surface area (Å²) in [4.78, 5) is 14.0. The van der Waals surface area contributed by atoms with E-state index < -0.39 is 0 Å². The summed E-state index contributed by atoms with van der Waals surface area (Å²) >= 11 is 5.94. The fraction of sp³-hybridized carbons (Fsp3) is 0.467. The molecular weight excluding hydrogens is 288 g/mol. The van der Waals surface area contributed by atoms with E-state index in [0.717, 1.165) is 19.5 Å². The second-order valence-corrected chi connectivity index (χ2v) is 5.75. The summed E-state index contributed by atoms with van der Waals surface area (Å²) in [6.45, 7) is 2.26. The van der Waals surface area contributed by atoms with Crippen LogP contribution in [0, 0.1) is 11.3 Å². The lowest BCUT2D eigenvalue weighted by atomic mass is 10.2. The number of nitrogens with one attached hydrogen (secondary N) is 2. The molecule has 6 heteroatoms. The summed E-state index contributed by atoms with van der Waals surface area (Å²) in [7, 11) is 1.94. The molecule has 0 spiro atoms. The molecule has 0 aromatic heterocycles. The Bertz CT molecular complexity index is 549. The van der Waals surface area contributed by atoms with E-state index in [-0.39, 0.29) is 5.91 Å². The number of hydrogen-bond donors (Lipinski definition) is 2. The zero-order chi connectivity index (χ0) is 15.2. The standard InChI is InChI=1S/C15H19ClN4O/c1-20(9-13-3-2-6-18-13)10-15(21)19-12-5-4-11(8-17)14(16)7-12/h4-5,7,13,18H,2-3,6,9-10H2,1H3,(H,19,21). The molecular formula is C15H19ClN4O. The van der Waals surface area contributed by atoms with Gasteiger partial charge in [-0.25, -0.2) is 0 Å². The normalized spacial score (nSPS) is 17.7. The minimum atomic E-state index is -0.0868. The number of hydrogen-bond acceptors (Lipinski definition) is 4. The number of nitrogens with zero attached hydrogens (tertiary/aromatic N) is 2. The molecule has 1 fully saturated rings. The van der Waals surface area contributed by atoms with Gasteiger partial charge in [0, 0.05) is 18.3 Å². The number of rotatable bonds is 5. The summed E-state index contributed by atoms with van der Waals surface area (Å²) < 4.78 is 0. The van der Waals surface area contributed by atoms with Gasteiger partial charge in [-0.2, -0.15) is 5.26 Å². The average Bonchev–Trinajstić information content (AvgIpc) is 2.91. The number of amides is 1. The van der Waals surface area contributed by atoms with Crippen LogP contribution in [-0.2, 0) is 4.79 Å². The van der Waals surface area contributed by atoms with Crippen molar-refractivity contribution in [1.29, 1.82) is 5.26 Å². The number of halogens is 1. The van der Waals surface area contributed by atoms with E-state index in [2.05, 4.69) is 10.6 Å². The molecule has 2 N–H and O–H groups in total. The van der Waals surface area contributed by atoms with Gasteiger partial charge in [0.1, 0.15) is 6.07 Å². The van der Waals surface area contributed by atoms with Crippen molar-refractivity contribution < 1.29 is 4.79 Å². The number of nitriles is 1. The molecule has 0 radical (unpaired) electrons. The lowest BCUT2D eigenvalue weighted by Crippen LogP contribution is -2.39. The first-order chi connectivity index (χ1) is 10.1. The van der Waals surface area contributed by atoms with Gasteiger partial charge in [-0.1, -0.05) is 11.6 Å². The van der Waals surface area contributed by atoms with Crippen LogP contribution in [0.1, 0.15) is 18.4 Å². The fourth-order valence-electron chi connectivity index (χ4n) is 2.48. The summed E-state index contributed by atoms with van der Waals surface area (Å²) in [5.74, 6) is -0.0868. The zero-order valence-corrected chi connectivity index (χ0v) is 12.8. The molecule has 2 rings (SSSR count). The zero-order valence-electron chi connectivity index (χ0n) is 12.0. The van der Waals surface area contributed by atoms with Crippen molar-refractivity contribution in [2.45, 2.75) is 18.9 Å². The Morgan fingerprint density at radius 3 is 3.05 bits per heavy atom. The maximum Gasteiger partial charge on any atom is 0.238 e. The van der Waals surface area contributed by atoms with Crippen LogP contribution < -0.4 is 10.6 Å². The Morgan fingerprint density at radius 2 is 2.43 bits per heavy atom. The number of benzene rings is 1. The molecule has 1 unspecified atom stereocenters. The minimum Gasteiger partial charge on any atom is -0.325 e. The third-order valence-electron chi connectivity index (χ3n) is 3.48. The molecule has 1 aromatic carbocycles. The van der Waals surface area contributed by atoms with Gasteiger partial charge >= 0.3 is 0 Å². The monoisotopic (exact) mass is 306 g/mol. The Labute approximate surface area is 129 Å². The van der Waals surface area contributed by atoms with Crippen LogP contribution in [0.3, 0.4) is 0 Å². The number of carbonyl (C=O) groups excluding carboxylic acids is 1. The van der Waals surface area contributed by atoms with Crippen LogP contribution in [0.2, 0.25) is 5.02 Å². The maximum atomic E-state index is 12.0. The Kier molecular flexibility index (Phi) is 5.57. The summed E-state index contributed by atoms with van der Waals surface area (Å²) in [6, 6.07) is 7.34. The number of anilines is 1. The Morgan fingerprint density at radius 1 is 1.62 bits per heavy atom. The molecule has 1 heterocycles. The van der Waals surface area contributed by atoms with Gasteiger partial charge in [0.15, 0.2) is 0 Å². The van der Waals surface area contributed by atoms with Gasteiger partial charge in [0.05, 0.1) is 17.1 Å². The first-order valence-corrected chi connectivity index (χ1v) is 7.37. The smallest absolute Gasteiger partial charge is 0.238 e. The van der Waals surface area contributed by atoms with E-state index in [1.165, 1.54) is 6.42 Å². The Hall–Kier alpha value is -1.61. The number of likely N-dealkylation sites (N-methyl/N-ethyl adjacent to an activating group) is 1. The summed E-state index contributed by atoms with van der Waals surface area (Å²) in [5, 5.41) is 15.4. The van der Waals surface area contributed by atoms with Crippen molar-refractivity contribution in [2.75, 3.05) is 32.0 Å². The highest BCUT2D eigenvalue weighted by atomic mass is 35.5. The van der Waals surface area contributed by atoms with Gasteiger partial charge < -0.3 is 10.6 Å². The molecule has 5 nitrogen and oxygen atoms in total. The van der Waals surface area contributed by atoms with Crippen LogP contribution in [0.5, 0.6) is 0 Å². The second-order valence-electron chi connectivity index (χ2n) is 5.34. The fourth-order valence-corrected chi connectivity index (χ4v) is 2.71. The first kappa shape index (κ1) is 15.8. The maximum absolute atomic E-state index is 12.0. The molecule has 1 aliphatic rings. The van der Waals surface area contributed by atoms with Crippen LogP contribution in [0.4, 0.5) is 5.69 Å². The third kappa shape index (κ3) is 4.71. The van der Waals surface area contributed by atoms with Crippen molar-refractivity contribution in [1.82, 2.24) is 10.2 Å². The summed E-state index contributed by atoms with van der Waals surface area (Å²) in [5.41, 5.74) is 1.01. The van der Waals surface area contributed by atoms with E-state index in [9.17, 15) is 4.79 Å². The van der Waals surface area contributed by atoms with E-state index in [4.69, 9.17) is 16.9 Å². The van der Waals surface area contributed by atoms with Gasteiger partial charge in [-0.15, -0.1) is 0 Å². The van der Waals surface area contributed by atoms with Crippen molar-refractivity contribution in [3.05, 3.63) is 28.8 Å². The highest BCUT2D eigenvalue weighted by molar-refractivity contribution is 6.32. The van der Waals surface area contributed by atoms with Gasteiger partial charge in [0.2, 0.25) is 5.91 Å². The molecule has 1 atom stereocenters. The molecule has 0 saturated carbocycles. The third-order valence-corrected chi connectivity index (χ3v) is 3.79. The molecule has 1 aliphatic heterocycles.